The number of nitrogens with one attached hydrogen (secondary N) is 3. The number of nitrogens with zero attached hydrogens (tertiary/aromatic N) is 4. The number of aromatic amines is 1. The third kappa shape index (κ3) is 3.14. The average molecular weight is 348 g/mol. The van der Waals surface area contributed by atoms with Crippen molar-refractivity contribution < 1.29 is 4.79 Å². The molecule has 9 nitrogen and oxygen atoms in total. The standard InChI is InChI=1S/C14H20N8OS/c15-11-18-12(21-20-11)16-8-4-6-22(7-5-8)14(23)19-13-17-9-2-1-3-10(9)24-13/h8H,1-7H2,(H,17,19,23)(H4,15,16,18,20,21). The van der Waals surface area contributed by atoms with Gasteiger partial charge in [-0.2, -0.15) is 4.98 Å². The first-order chi connectivity index (χ1) is 11.7. The van der Waals surface area contributed by atoms with Gasteiger partial charge in [-0.05, 0) is 32.1 Å². The highest BCUT2D eigenvalue weighted by atomic mass is 32.1. The molecule has 0 radical (unpaired) electrons. The maximum atomic E-state index is 12.4. The largest absolute Gasteiger partial charge is 0.368 e. The van der Waals surface area contributed by atoms with Crippen LogP contribution in [-0.4, -0.2) is 50.2 Å². The number of piperidine rings is 1. The summed E-state index contributed by atoms with van der Waals surface area (Å²) in [6, 6.07) is 0.177. The molecule has 0 spiro atoms. The molecule has 1 saturated heterocycles. The van der Waals surface area contributed by atoms with Crippen LogP contribution in [0.15, 0.2) is 0 Å². The lowest BCUT2D eigenvalue weighted by Crippen LogP contribution is -2.44. The number of anilines is 3. The molecule has 2 amide bonds. The third-order valence-corrected chi connectivity index (χ3v) is 5.50. The van der Waals surface area contributed by atoms with Crippen LogP contribution in [0.5, 0.6) is 0 Å². The lowest BCUT2D eigenvalue weighted by Gasteiger charge is -2.31. The number of aromatic nitrogens is 4. The highest BCUT2D eigenvalue weighted by Gasteiger charge is 2.25. The second-order valence-corrected chi connectivity index (χ2v) is 7.21. The minimum absolute atomic E-state index is 0.0667. The van der Waals surface area contributed by atoms with Crippen LogP contribution in [0.2, 0.25) is 0 Å². The van der Waals surface area contributed by atoms with Crippen molar-refractivity contribution in [2.24, 2.45) is 0 Å². The molecule has 2 aromatic heterocycles. The molecule has 1 aliphatic heterocycles. The number of likely N-dealkylation sites (tertiary alicyclic amines) is 1. The predicted octanol–water partition coefficient (Wildman–Crippen LogP) is 1.44. The van der Waals surface area contributed by atoms with E-state index in [2.05, 4.69) is 30.8 Å². The van der Waals surface area contributed by atoms with E-state index < -0.39 is 0 Å². The van der Waals surface area contributed by atoms with Crippen molar-refractivity contribution in [3.8, 4) is 0 Å². The number of H-pyrrole nitrogens is 1. The molecule has 2 aliphatic rings. The number of nitrogen functional groups attached to an aromatic ring is 1. The first-order valence-electron chi connectivity index (χ1n) is 8.16. The minimum atomic E-state index is -0.0667. The summed E-state index contributed by atoms with van der Waals surface area (Å²) in [7, 11) is 0. The number of aryl methyl sites for hydroxylation is 2. The maximum absolute atomic E-state index is 12.4. The minimum Gasteiger partial charge on any atom is -0.368 e. The van der Waals surface area contributed by atoms with Crippen molar-refractivity contribution in [2.45, 2.75) is 38.1 Å². The molecule has 128 valence electrons. The molecule has 1 aliphatic carbocycles. The average Bonchev–Trinajstić information content (AvgIpc) is 3.24. The molecule has 4 rings (SSSR count). The number of nitrogens with two attached hydrogens (primary N) is 1. The fourth-order valence-corrected chi connectivity index (χ4v) is 4.20. The summed E-state index contributed by atoms with van der Waals surface area (Å²) in [6.07, 6.45) is 4.99. The van der Waals surface area contributed by atoms with E-state index >= 15 is 0 Å². The number of fused-ring (bicyclic) bond motifs is 1. The van der Waals surface area contributed by atoms with Gasteiger partial charge in [-0.1, -0.05) is 0 Å². The van der Waals surface area contributed by atoms with Gasteiger partial charge in [-0.25, -0.2) is 14.9 Å². The Morgan fingerprint density at radius 2 is 2.12 bits per heavy atom. The van der Waals surface area contributed by atoms with E-state index in [-0.39, 0.29) is 12.1 Å². The van der Waals surface area contributed by atoms with Gasteiger partial charge in [0.25, 0.3) is 0 Å². The molecule has 3 heterocycles. The van der Waals surface area contributed by atoms with Crippen LogP contribution in [0, 0.1) is 0 Å². The summed E-state index contributed by atoms with van der Waals surface area (Å²) in [5.74, 6) is 0.803. The second kappa shape index (κ2) is 6.27. The van der Waals surface area contributed by atoms with Gasteiger partial charge in [0.1, 0.15) is 0 Å². The van der Waals surface area contributed by atoms with Gasteiger partial charge in [-0.15, -0.1) is 16.4 Å². The monoisotopic (exact) mass is 348 g/mol. The van der Waals surface area contributed by atoms with Gasteiger partial charge in [0.2, 0.25) is 11.9 Å². The highest BCUT2D eigenvalue weighted by Crippen LogP contribution is 2.30. The zero-order chi connectivity index (χ0) is 16.5. The molecule has 10 heteroatoms. The molecule has 0 unspecified atom stereocenters. The van der Waals surface area contributed by atoms with Crippen LogP contribution in [0.25, 0.3) is 0 Å². The summed E-state index contributed by atoms with van der Waals surface area (Å²) < 4.78 is 0. The van der Waals surface area contributed by atoms with Crippen molar-refractivity contribution in [1.82, 2.24) is 25.1 Å². The Hall–Kier alpha value is -2.36. The van der Waals surface area contributed by atoms with Crippen molar-refractivity contribution in [1.29, 1.82) is 0 Å². The van der Waals surface area contributed by atoms with Crippen molar-refractivity contribution in [2.75, 3.05) is 29.5 Å². The number of hydrogen-bond donors (Lipinski definition) is 4. The van der Waals surface area contributed by atoms with Crippen LogP contribution in [0.1, 0.15) is 29.8 Å². The molecular weight excluding hydrogens is 328 g/mol. The van der Waals surface area contributed by atoms with Crippen LogP contribution in [0.3, 0.4) is 0 Å². The fourth-order valence-electron chi connectivity index (χ4n) is 3.16. The van der Waals surface area contributed by atoms with E-state index in [1.54, 1.807) is 11.3 Å². The molecule has 0 bridgehead atoms. The lowest BCUT2D eigenvalue weighted by atomic mass is 10.1. The number of urea groups is 1. The highest BCUT2D eigenvalue weighted by molar-refractivity contribution is 7.15. The third-order valence-electron chi connectivity index (χ3n) is 4.43. The van der Waals surface area contributed by atoms with Gasteiger partial charge in [0, 0.05) is 24.0 Å². The Bertz CT molecular complexity index is 711. The molecule has 24 heavy (non-hydrogen) atoms. The van der Waals surface area contributed by atoms with Gasteiger partial charge in [0.05, 0.1) is 5.69 Å². The molecule has 0 atom stereocenters. The smallest absolute Gasteiger partial charge is 0.323 e. The van der Waals surface area contributed by atoms with Gasteiger partial charge >= 0.3 is 6.03 Å². The summed E-state index contributed by atoms with van der Waals surface area (Å²) in [5.41, 5.74) is 6.67. The van der Waals surface area contributed by atoms with Crippen LogP contribution in [0.4, 0.5) is 21.8 Å². The summed E-state index contributed by atoms with van der Waals surface area (Å²) in [5, 5.41) is 13.5. The normalized spacial score (nSPS) is 17.8. The summed E-state index contributed by atoms with van der Waals surface area (Å²) in [4.78, 5) is 24.1. The van der Waals surface area contributed by atoms with Crippen LogP contribution in [-0.2, 0) is 12.8 Å². The quantitative estimate of drug-likeness (QED) is 0.665. The number of carbonyl (C=O) groups is 1. The SMILES string of the molecule is Nc1nc(NC2CCN(C(=O)Nc3nc4c(s3)CCC4)CC2)n[nH]1. The topological polar surface area (TPSA) is 125 Å². The Morgan fingerprint density at radius 1 is 1.29 bits per heavy atom. The summed E-state index contributed by atoms with van der Waals surface area (Å²) in [6.45, 7) is 1.38. The van der Waals surface area contributed by atoms with Gasteiger partial charge in [0.15, 0.2) is 5.13 Å². The molecular formula is C14H20N8OS. The van der Waals surface area contributed by atoms with E-state index in [9.17, 15) is 4.79 Å². The Labute approximate surface area is 143 Å². The number of carbonyl (C=O) groups excluding carboxylic acids is 1. The molecule has 5 N–H and O–H groups in total. The van der Waals surface area contributed by atoms with E-state index in [4.69, 9.17) is 5.73 Å². The Balaban J connectivity index is 1.28. The zero-order valence-corrected chi connectivity index (χ0v) is 14.0. The van der Waals surface area contributed by atoms with E-state index in [0.717, 1.165) is 36.5 Å². The van der Waals surface area contributed by atoms with E-state index in [0.29, 0.717) is 25.0 Å². The maximum Gasteiger partial charge on any atom is 0.323 e. The summed E-state index contributed by atoms with van der Waals surface area (Å²) >= 11 is 1.61. The lowest BCUT2D eigenvalue weighted by molar-refractivity contribution is 0.197. The Morgan fingerprint density at radius 3 is 2.83 bits per heavy atom. The number of thiazole rings is 1. The van der Waals surface area contributed by atoms with Crippen LogP contribution < -0.4 is 16.4 Å². The molecule has 0 aromatic carbocycles. The number of rotatable bonds is 3. The van der Waals surface area contributed by atoms with Crippen LogP contribution >= 0.6 is 11.3 Å². The van der Waals surface area contributed by atoms with Crippen molar-refractivity contribution in [3.63, 3.8) is 0 Å². The first-order valence-corrected chi connectivity index (χ1v) is 8.98. The molecule has 0 saturated carbocycles. The molecule has 1 fully saturated rings. The zero-order valence-electron chi connectivity index (χ0n) is 13.2. The molecule has 2 aromatic rings. The van der Waals surface area contributed by atoms with E-state index in [1.807, 2.05) is 4.90 Å². The van der Waals surface area contributed by atoms with Gasteiger partial charge < -0.3 is 16.0 Å². The van der Waals surface area contributed by atoms with Crippen molar-refractivity contribution >= 4 is 34.4 Å². The van der Waals surface area contributed by atoms with E-state index in [1.165, 1.54) is 11.3 Å². The fraction of sp³-hybridized carbons (Fsp3) is 0.571. The van der Waals surface area contributed by atoms with Gasteiger partial charge in [-0.3, -0.25) is 5.32 Å². The predicted molar refractivity (Wildman–Crippen MR) is 92.2 cm³/mol. The number of hydrogen-bond acceptors (Lipinski definition) is 7. The number of amides is 2. The Kier molecular flexibility index (Phi) is 3.97. The second-order valence-electron chi connectivity index (χ2n) is 6.12. The van der Waals surface area contributed by atoms with Crippen molar-refractivity contribution in [3.05, 3.63) is 10.6 Å². The first kappa shape index (κ1) is 15.2.